The monoisotopic (exact) mass is 231 g/mol. The fourth-order valence-electron chi connectivity index (χ4n) is 2.09. The highest BCUT2D eigenvalue weighted by molar-refractivity contribution is 5.34. The Bertz CT molecular complexity index is 408. The number of hydrogen-bond donors (Lipinski definition) is 1. The standard InChI is InChI=1S/C12H17N5/c1-9-5-10(3-4-17(9)2)16-12-8-14-11(6-13)7-15-12/h7-10H,3-5H2,1-2H3,(H,15,16). The Morgan fingerprint density at radius 2 is 2.29 bits per heavy atom. The highest BCUT2D eigenvalue weighted by Crippen LogP contribution is 2.18. The molecule has 1 saturated heterocycles. The van der Waals surface area contributed by atoms with Crippen molar-refractivity contribution in [3.8, 4) is 6.07 Å². The topological polar surface area (TPSA) is 64.8 Å². The predicted molar refractivity (Wildman–Crippen MR) is 65.5 cm³/mol. The van der Waals surface area contributed by atoms with E-state index in [1.165, 1.54) is 6.20 Å². The zero-order valence-electron chi connectivity index (χ0n) is 10.2. The first-order valence-electron chi connectivity index (χ1n) is 5.88. The third-order valence-corrected chi connectivity index (χ3v) is 3.33. The molecule has 0 radical (unpaired) electrons. The van der Waals surface area contributed by atoms with Gasteiger partial charge in [0.2, 0.25) is 0 Å². The molecular formula is C12H17N5. The lowest BCUT2D eigenvalue weighted by Gasteiger charge is -2.35. The molecular weight excluding hydrogens is 214 g/mol. The molecule has 2 unspecified atom stereocenters. The van der Waals surface area contributed by atoms with Gasteiger partial charge in [-0.25, -0.2) is 9.97 Å². The lowest BCUT2D eigenvalue weighted by molar-refractivity contribution is 0.190. The Hall–Kier alpha value is -1.67. The Labute approximate surface area is 101 Å². The molecule has 0 amide bonds. The fraction of sp³-hybridized carbons (Fsp3) is 0.583. The second-order valence-corrected chi connectivity index (χ2v) is 4.59. The van der Waals surface area contributed by atoms with E-state index < -0.39 is 0 Å². The zero-order valence-corrected chi connectivity index (χ0v) is 10.2. The average Bonchev–Trinajstić information content (AvgIpc) is 2.35. The van der Waals surface area contributed by atoms with E-state index in [1.54, 1.807) is 6.20 Å². The fourth-order valence-corrected chi connectivity index (χ4v) is 2.09. The second kappa shape index (κ2) is 5.11. The number of nitrogens with zero attached hydrogens (tertiary/aromatic N) is 4. The number of nitriles is 1. The molecule has 1 N–H and O–H groups in total. The number of aromatic nitrogens is 2. The molecule has 17 heavy (non-hydrogen) atoms. The van der Waals surface area contributed by atoms with Gasteiger partial charge in [-0.05, 0) is 26.8 Å². The van der Waals surface area contributed by atoms with Gasteiger partial charge in [0.05, 0.1) is 12.4 Å². The minimum absolute atomic E-state index is 0.354. The van der Waals surface area contributed by atoms with E-state index in [4.69, 9.17) is 5.26 Å². The van der Waals surface area contributed by atoms with Crippen LogP contribution < -0.4 is 5.32 Å². The average molecular weight is 231 g/mol. The molecule has 0 aliphatic carbocycles. The van der Waals surface area contributed by atoms with Gasteiger partial charge in [0.1, 0.15) is 11.9 Å². The van der Waals surface area contributed by atoms with Crippen LogP contribution in [0.3, 0.4) is 0 Å². The summed E-state index contributed by atoms with van der Waals surface area (Å²) >= 11 is 0. The van der Waals surface area contributed by atoms with Crippen molar-refractivity contribution in [2.45, 2.75) is 31.8 Å². The molecule has 1 fully saturated rings. The molecule has 0 saturated carbocycles. The van der Waals surface area contributed by atoms with Crippen molar-refractivity contribution < 1.29 is 0 Å². The summed E-state index contributed by atoms with van der Waals surface area (Å²) in [5.41, 5.74) is 0.354. The van der Waals surface area contributed by atoms with Gasteiger partial charge in [0.15, 0.2) is 5.69 Å². The van der Waals surface area contributed by atoms with Crippen LogP contribution in [0.4, 0.5) is 5.82 Å². The minimum atomic E-state index is 0.354. The van der Waals surface area contributed by atoms with E-state index in [2.05, 4.69) is 34.2 Å². The normalized spacial score (nSPS) is 25.2. The third kappa shape index (κ3) is 2.92. The van der Waals surface area contributed by atoms with Crippen LogP contribution in [-0.4, -0.2) is 40.5 Å². The van der Waals surface area contributed by atoms with Crippen molar-refractivity contribution in [2.75, 3.05) is 18.9 Å². The Kier molecular flexibility index (Phi) is 3.55. The van der Waals surface area contributed by atoms with Gasteiger partial charge in [-0.1, -0.05) is 0 Å². The molecule has 5 nitrogen and oxygen atoms in total. The summed E-state index contributed by atoms with van der Waals surface area (Å²) in [4.78, 5) is 10.5. The minimum Gasteiger partial charge on any atom is -0.366 e. The summed E-state index contributed by atoms with van der Waals surface area (Å²) in [7, 11) is 2.16. The van der Waals surface area contributed by atoms with Crippen molar-refractivity contribution in [2.24, 2.45) is 0 Å². The first-order valence-corrected chi connectivity index (χ1v) is 5.88. The second-order valence-electron chi connectivity index (χ2n) is 4.59. The van der Waals surface area contributed by atoms with Crippen molar-refractivity contribution in [1.82, 2.24) is 14.9 Å². The molecule has 1 aliphatic heterocycles. The van der Waals surface area contributed by atoms with Gasteiger partial charge in [-0.3, -0.25) is 0 Å². The summed E-state index contributed by atoms with van der Waals surface area (Å²) in [5.74, 6) is 0.755. The van der Waals surface area contributed by atoms with E-state index in [0.29, 0.717) is 17.8 Å². The van der Waals surface area contributed by atoms with Gasteiger partial charge < -0.3 is 10.2 Å². The molecule has 1 aliphatic rings. The summed E-state index contributed by atoms with van der Waals surface area (Å²) in [6.45, 7) is 3.33. The zero-order chi connectivity index (χ0) is 12.3. The summed E-state index contributed by atoms with van der Waals surface area (Å²) in [6, 6.07) is 3.00. The molecule has 90 valence electrons. The van der Waals surface area contributed by atoms with Crippen LogP contribution in [0.5, 0.6) is 0 Å². The van der Waals surface area contributed by atoms with Crippen LogP contribution in [0.15, 0.2) is 12.4 Å². The first-order chi connectivity index (χ1) is 8.19. The molecule has 2 heterocycles. The Balaban J connectivity index is 1.94. The smallest absolute Gasteiger partial charge is 0.158 e. The number of nitrogens with one attached hydrogen (secondary N) is 1. The highest BCUT2D eigenvalue weighted by Gasteiger charge is 2.22. The van der Waals surface area contributed by atoms with E-state index in [0.717, 1.165) is 25.2 Å². The molecule has 0 bridgehead atoms. The van der Waals surface area contributed by atoms with Crippen molar-refractivity contribution in [3.63, 3.8) is 0 Å². The quantitative estimate of drug-likeness (QED) is 0.829. The number of anilines is 1. The maximum absolute atomic E-state index is 8.64. The Morgan fingerprint density at radius 1 is 1.47 bits per heavy atom. The van der Waals surface area contributed by atoms with Crippen LogP contribution in [-0.2, 0) is 0 Å². The van der Waals surface area contributed by atoms with Crippen LogP contribution in [0.2, 0.25) is 0 Å². The van der Waals surface area contributed by atoms with Crippen molar-refractivity contribution >= 4 is 5.82 Å². The van der Waals surface area contributed by atoms with Crippen molar-refractivity contribution in [1.29, 1.82) is 5.26 Å². The van der Waals surface area contributed by atoms with Crippen LogP contribution in [0.1, 0.15) is 25.5 Å². The molecule has 1 aromatic heterocycles. The van der Waals surface area contributed by atoms with Gasteiger partial charge >= 0.3 is 0 Å². The van der Waals surface area contributed by atoms with Crippen LogP contribution in [0.25, 0.3) is 0 Å². The van der Waals surface area contributed by atoms with E-state index in [-0.39, 0.29) is 0 Å². The van der Waals surface area contributed by atoms with Crippen LogP contribution >= 0.6 is 0 Å². The molecule has 2 atom stereocenters. The SMILES string of the molecule is CC1CC(Nc2cnc(C#N)cn2)CCN1C. The summed E-state index contributed by atoms with van der Waals surface area (Å²) in [6.07, 6.45) is 5.35. The van der Waals surface area contributed by atoms with Gasteiger partial charge in [0, 0.05) is 18.6 Å². The first kappa shape index (κ1) is 11.8. The maximum atomic E-state index is 8.64. The molecule has 0 aromatic carbocycles. The maximum Gasteiger partial charge on any atom is 0.158 e. The largest absolute Gasteiger partial charge is 0.366 e. The van der Waals surface area contributed by atoms with Crippen molar-refractivity contribution in [3.05, 3.63) is 18.1 Å². The molecule has 1 aromatic rings. The van der Waals surface area contributed by atoms with E-state index >= 15 is 0 Å². The van der Waals surface area contributed by atoms with Gasteiger partial charge in [0.25, 0.3) is 0 Å². The lowest BCUT2D eigenvalue weighted by Crippen LogP contribution is -2.42. The summed E-state index contributed by atoms with van der Waals surface area (Å²) in [5, 5.41) is 12.0. The lowest BCUT2D eigenvalue weighted by atomic mass is 9.99. The number of rotatable bonds is 2. The Morgan fingerprint density at radius 3 is 2.88 bits per heavy atom. The van der Waals surface area contributed by atoms with E-state index in [9.17, 15) is 0 Å². The van der Waals surface area contributed by atoms with Crippen LogP contribution in [0, 0.1) is 11.3 Å². The van der Waals surface area contributed by atoms with E-state index in [1.807, 2.05) is 6.07 Å². The summed E-state index contributed by atoms with van der Waals surface area (Å²) < 4.78 is 0. The number of hydrogen-bond acceptors (Lipinski definition) is 5. The number of piperidine rings is 1. The van der Waals surface area contributed by atoms with Gasteiger partial charge in [-0.2, -0.15) is 5.26 Å². The number of likely N-dealkylation sites (tertiary alicyclic amines) is 1. The highest BCUT2D eigenvalue weighted by atomic mass is 15.2. The molecule has 2 rings (SSSR count). The predicted octanol–water partition coefficient (Wildman–Crippen LogP) is 1.24. The van der Waals surface area contributed by atoms with Gasteiger partial charge in [-0.15, -0.1) is 0 Å². The molecule has 5 heteroatoms. The molecule has 0 spiro atoms. The third-order valence-electron chi connectivity index (χ3n) is 3.33.